The quantitative estimate of drug-likeness (QED) is 0.0646. The monoisotopic (exact) mass is 576 g/mol. The van der Waals surface area contributed by atoms with E-state index in [1.165, 1.54) is 12.1 Å². The van der Waals surface area contributed by atoms with E-state index in [1.54, 1.807) is 0 Å². The van der Waals surface area contributed by atoms with E-state index in [9.17, 15) is 29.7 Å². The molecule has 6 nitrogen and oxygen atoms in total. The van der Waals surface area contributed by atoms with E-state index >= 15 is 0 Å². The molecule has 1 aromatic rings. The number of hydrogen-bond acceptors (Lipinski definition) is 6. The van der Waals surface area contributed by atoms with Crippen molar-refractivity contribution in [2.75, 3.05) is 0 Å². The van der Waals surface area contributed by atoms with Gasteiger partial charge in [-0.3, -0.25) is 14.4 Å². The Balaban J connectivity index is 2.38. The highest BCUT2D eigenvalue weighted by atomic mass is 16.3. The third-order valence-corrected chi connectivity index (χ3v) is 9.69. The van der Waals surface area contributed by atoms with Gasteiger partial charge in [0, 0.05) is 5.56 Å². The van der Waals surface area contributed by atoms with E-state index in [-0.39, 0.29) is 48.0 Å². The Morgan fingerprint density at radius 2 is 1.62 bits per heavy atom. The summed E-state index contributed by atoms with van der Waals surface area (Å²) in [4.78, 5) is 44.3. The second-order valence-electron chi connectivity index (χ2n) is 13.8. The lowest BCUT2D eigenvalue weighted by atomic mass is 9.38. The lowest BCUT2D eigenvalue weighted by Crippen LogP contribution is -2.69. The number of benzene rings is 1. The number of carbonyl (C=O) groups excluding carboxylic acids is 3. The van der Waals surface area contributed by atoms with Crippen LogP contribution in [0.25, 0.3) is 5.76 Å². The Kier molecular flexibility index (Phi) is 9.51. The number of carbonyl (C=O) groups is 3. The van der Waals surface area contributed by atoms with Crippen molar-refractivity contribution in [2.24, 2.45) is 28.1 Å². The topological polar surface area (TPSA) is 112 Å². The summed E-state index contributed by atoms with van der Waals surface area (Å²) >= 11 is 0. The Bertz CT molecular complexity index is 1380. The van der Waals surface area contributed by atoms with Gasteiger partial charge in [-0.1, -0.05) is 49.6 Å². The van der Waals surface area contributed by atoms with E-state index < -0.39 is 45.1 Å². The van der Waals surface area contributed by atoms with Gasteiger partial charge in [-0.25, -0.2) is 0 Å². The molecular weight excluding hydrogens is 528 g/mol. The van der Waals surface area contributed by atoms with Gasteiger partial charge in [-0.15, -0.1) is 6.58 Å². The first-order valence-corrected chi connectivity index (χ1v) is 14.9. The molecule has 4 atom stereocenters. The van der Waals surface area contributed by atoms with E-state index in [4.69, 9.17) is 0 Å². The molecule has 2 fully saturated rings. The summed E-state index contributed by atoms with van der Waals surface area (Å²) in [5.74, 6) is -3.08. The number of aliphatic hydroxyl groups is 1. The second-order valence-corrected chi connectivity index (χ2v) is 13.8. The van der Waals surface area contributed by atoms with Crippen molar-refractivity contribution in [3.63, 3.8) is 0 Å². The number of phenolic OH excluding ortho intramolecular Hbond substituents is 2. The number of phenols is 2. The van der Waals surface area contributed by atoms with Gasteiger partial charge in [0.2, 0.25) is 0 Å². The third kappa shape index (κ3) is 5.65. The molecule has 42 heavy (non-hydrogen) atoms. The van der Waals surface area contributed by atoms with Crippen molar-refractivity contribution in [1.82, 2.24) is 0 Å². The van der Waals surface area contributed by atoms with Crippen LogP contribution in [0.4, 0.5) is 0 Å². The summed E-state index contributed by atoms with van der Waals surface area (Å²) < 4.78 is 0. The molecular formula is C36H48O6. The molecule has 0 aromatic heterocycles. The molecule has 3 rings (SSSR count). The van der Waals surface area contributed by atoms with Crippen LogP contribution in [0.1, 0.15) is 99.5 Å². The molecule has 2 bridgehead atoms. The average Bonchev–Trinajstić information content (AvgIpc) is 2.88. The van der Waals surface area contributed by atoms with Crippen molar-refractivity contribution >= 4 is 23.1 Å². The van der Waals surface area contributed by atoms with Crippen LogP contribution in [0, 0.1) is 28.1 Å². The van der Waals surface area contributed by atoms with Crippen LogP contribution in [0.5, 0.6) is 11.5 Å². The number of aromatic hydroxyl groups is 2. The molecule has 228 valence electrons. The van der Waals surface area contributed by atoms with Crippen LogP contribution in [0.2, 0.25) is 0 Å². The van der Waals surface area contributed by atoms with Gasteiger partial charge >= 0.3 is 0 Å². The van der Waals surface area contributed by atoms with Gasteiger partial charge < -0.3 is 15.3 Å². The normalized spacial score (nSPS) is 26.9. The van der Waals surface area contributed by atoms with Crippen molar-refractivity contribution < 1.29 is 29.7 Å². The first kappa shape index (κ1) is 33.1. The molecule has 0 unspecified atom stereocenters. The summed E-state index contributed by atoms with van der Waals surface area (Å²) in [7, 11) is 0. The zero-order valence-corrected chi connectivity index (χ0v) is 26.6. The molecule has 0 aliphatic heterocycles. The maximum atomic E-state index is 14.9. The zero-order valence-electron chi connectivity index (χ0n) is 26.6. The van der Waals surface area contributed by atoms with Gasteiger partial charge in [-0.05, 0) is 109 Å². The number of fused-ring (bicyclic) bond motifs is 2. The van der Waals surface area contributed by atoms with Gasteiger partial charge in [0.25, 0.3) is 0 Å². The molecule has 2 aliphatic carbocycles. The van der Waals surface area contributed by atoms with Gasteiger partial charge in [0.15, 0.2) is 28.8 Å². The molecule has 0 amide bonds. The molecule has 2 aliphatic rings. The van der Waals surface area contributed by atoms with E-state index in [2.05, 4.69) is 19.6 Å². The minimum Gasteiger partial charge on any atom is -0.506 e. The molecule has 3 N–H and O–H groups in total. The molecule has 0 radical (unpaired) electrons. The molecule has 0 spiro atoms. The van der Waals surface area contributed by atoms with Crippen LogP contribution in [0.15, 0.2) is 59.2 Å². The fourth-order valence-electron chi connectivity index (χ4n) is 7.08. The smallest absolute Gasteiger partial charge is 0.184 e. The van der Waals surface area contributed by atoms with Crippen LogP contribution in [0.3, 0.4) is 0 Å². The van der Waals surface area contributed by atoms with Gasteiger partial charge in [-0.2, -0.15) is 0 Å². The number of aliphatic hydroxyl groups excluding tert-OH is 1. The van der Waals surface area contributed by atoms with Crippen molar-refractivity contribution in [3.8, 4) is 11.5 Å². The van der Waals surface area contributed by atoms with E-state index in [0.717, 1.165) is 29.2 Å². The summed E-state index contributed by atoms with van der Waals surface area (Å²) in [5, 5.41) is 31.5. The maximum Gasteiger partial charge on any atom is 0.184 e. The number of Topliss-reactive ketones (excluding diaryl/α,β-unsaturated/α-hetero) is 3. The van der Waals surface area contributed by atoms with Crippen LogP contribution < -0.4 is 0 Å². The number of allylic oxidation sites excluding steroid dienone is 6. The first-order chi connectivity index (χ1) is 19.4. The SMILES string of the molecule is C=C(C)C[C@H](C)CC[C@]12C[C@@H](CC=C(C)C)C(C)(C)[C@](CC=C(C)C)(C(=O)C(=C(O)c3ccc(O)c(O)c3)C1=O)C2=O. The Hall–Kier alpha value is -3.41. The second kappa shape index (κ2) is 12.1. The highest BCUT2D eigenvalue weighted by Gasteiger charge is 2.73. The summed E-state index contributed by atoms with van der Waals surface area (Å²) in [6, 6.07) is 3.66. The third-order valence-electron chi connectivity index (χ3n) is 9.69. The van der Waals surface area contributed by atoms with Crippen molar-refractivity contribution in [1.29, 1.82) is 0 Å². The predicted octanol–water partition coefficient (Wildman–Crippen LogP) is 8.20. The number of ketones is 3. The minimum atomic E-state index is -1.57. The van der Waals surface area contributed by atoms with Crippen LogP contribution >= 0.6 is 0 Å². The molecule has 1 aromatic carbocycles. The molecule has 2 saturated carbocycles. The number of hydrogen-bond donors (Lipinski definition) is 3. The van der Waals surface area contributed by atoms with Crippen LogP contribution in [-0.4, -0.2) is 32.7 Å². The van der Waals surface area contributed by atoms with E-state index in [1.807, 2.05) is 54.5 Å². The summed E-state index contributed by atoms with van der Waals surface area (Å²) in [6.45, 7) is 19.8. The maximum absolute atomic E-state index is 14.9. The van der Waals surface area contributed by atoms with Crippen molar-refractivity contribution in [2.45, 2.75) is 93.9 Å². The molecule has 0 heterocycles. The highest BCUT2D eigenvalue weighted by Crippen LogP contribution is 2.65. The van der Waals surface area contributed by atoms with Crippen molar-refractivity contribution in [3.05, 3.63) is 64.8 Å². The highest BCUT2D eigenvalue weighted by molar-refractivity contribution is 6.41. The largest absolute Gasteiger partial charge is 0.506 e. The van der Waals surface area contributed by atoms with Gasteiger partial charge in [0.1, 0.15) is 16.7 Å². The zero-order chi connectivity index (χ0) is 31.8. The molecule has 0 saturated heterocycles. The van der Waals surface area contributed by atoms with Gasteiger partial charge in [0.05, 0.1) is 5.41 Å². The lowest BCUT2D eigenvalue weighted by molar-refractivity contribution is -0.177. The summed E-state index contributed by atoms with van der Waals surface area (Å²) in [5.41, 5.74) is -1.16. The standard InChI is InChI=1S/C36H48O6/c1-21(2)10-12-26-20-35(16-15-24(7)18-23(5)6)31(40)29(30(39)25-11-13-27(37)28(38)19-25)32(41)36(33(35)42,34(26,8)9)17-14-22(3)4/h10-11,13-14,19,24,26,37-39H,5,12,15-18,20H2,1-4,6-9H3/t24-,26-,35+,36-/m1/s1. The number of rotatable bonds is 10. The fraction of sp³-hybridized carbons (Fsp3) is 0.528. The van der Waals surface area contributed by atoms with Crippen LogP contribution in [-0.2, 0) is 14.4 Å². The fourth-order valence-corrected chi connectivity index (χ4v) is 7.08. The summed E-state index contributed by atoms with van der Waals surface area (Å²) in [6.07, 6.45) is 6.65. The molecule has 6 heteroatoms. The van der Waals surface area contributed by atoms with E-state index in [0.29, 0.717) is 12.8 Å². The predicted molar refractivity (Wildman–Crippen MR) is 167 cm³/mol. The Morgan fingerprint density at radius 3 is 2.17 bits per heavy atom. The first-order valence-electron chi connectivity index (χ1n) is 14.9. The lowest BCUT2D eigenvalue weighted by Gasteiger charge is -2.60. The Morgan fingerprint density at radius 1 is 1.00 bits per heavy atom. The average molecular weight is 577 g/mol. The Labute approximate surface area is 250 Å². The minimum absolute atomic E-state index is 0.0245.